The van der Waals surface area contributed by atoms with Crippen LogP contribution in [0.3, 0.4) is 0 Å². The topological polar surface area (TPSA) is 51.8 Å². The second-order valence-corrected chi connectivity index (χ2v) is 12.6. The standard InChI is InChI=1S/C40H31N3S2/c1-2-44-25-31-10-6-12-39(42-31)29-15-18-33-34-19-16-30(40-13-7-11-32(43-40)26-45-21-20-41)24-38(34)37-22-28(27-8-4-3-5-9-27)14-17-35(37)36(33)23-29/h2-24H,1,25-26,41H2/b21-20-. The van der Waals surface area contributed by atoms with Gasteiger partial charge in [0.15, 0.2) is 0 Å². The Morgan fingerprint density at radius 2 is 1.02 bits per heavy atom. The molecule has 0 radical (unpaired) electrons. The first-order valence-electron chi connectivity index (χ1n) is 14.8. The molecule has 0 atom stereocenters. The summed E-state index contributed by atoms with van der Waals surface area (Å²) in [6.45, 7) is 3.83. The molecule has 0 saturated carbocycles. The SMILES string of the molecule is C=CSCc1cccc(-c2ccc3c4ccc(-c5cccc(CS/C=C\N)n5)cc4c4cc(-c5ccccc5)ccc4c3c2)n1. The molecule has 0 aliphatic rings. The number of hydrogen-bond acceptors (Lipinski definition) is 5. The van der Waals surface area contributed by atoms with Crippen molar-refractivity contribution in [2.24, 2.45) is 5.73 Å². The molecule has 2 aromatic heterocycles. The minimum Gasteiger partial charge on any atom is -0.404 e. The number of pyridine rings is 2. The third-order valence-electron chi connectivity index (χ3n) is 8.00. The van der Waals surface area contributed by atoms with Crippen molar-refractivity contribution in [1.82, 2.24) is 9.97 Å². The van der Waals surface area contributed by atoms with Crippen molar-refractivity contribution < 1.29 is 0 Å². The molecule has 7 rings (SSSR count). The average molecular weight is 618 g/mol. The molecule has 45 heavy (non-hydrogen) atoms. The highest BCUT2D eigenvalue weighted by molar-refractivity contribution is 8.01. The number of nitrogens with two attached hydrogens (primary N) is 1. The van der Waals surface area contributed by atoms with Gasteiger partial charge in [-0.25, -0.2) is 0 Å². The van der Waals surface area contributed by atoms with Crippen molar-refractivity contribution in [1.29, 1.82) is 0 Å². The zero-order valence-corrected chi connectivity index (χ0v) is 26.3. The maximum absolute atomic E-state index is 5.53. The van der Waals surface area contributed by atoms with E-state index in [4.69, 9.17) is 15.7 Å². The Balaban J connectivity index is 1.43. The molecule has 3 nitrogen and oxygen atoms in total. The van der Waals surface area contributed by atoms with E-state index in [1.807, 2.05) is 10.8 Å². The predicted octanol–water partition coefficient (Wildman–Crippen LogP) is 11.0. The van der Waals surface area contributed by atoms with Gasteiger partial charge >= 0.3 is 0 Å². The van der Waals surface area contributed by atoms with Gasteiger partial charge in [0, 0.05) is 28.8 Å². The molecule has 0 spiro atoms. The van der Waals surface area contributed by atoms with Crippen LogP contribution in [0.15, 0.2) is 145 Å². The number of hydrogen-bond donors (Lipinski definition) is 1. The smallest absolute Gasteiger partial charge is 0.0705 e. The van der Waals surface area contributed by atoms with Gasteiger partial charge in [-0.1, -0.05) is 85.4 Å². The molecule has 7 aromatic rings. The van der Waals surface area contributed by atoms with Crippen molar-refractivity contribution in [2.75, 3.05) is 0 Å². The van der Waals surface area contributed by atoms with Gasteiger partial charge in [0.2, 0.25) is 0 Å². The third kappa shape index (κ3) is 5.97. The minimum absolute atomic E-state index is 0.774. The number of nitrogens with zero attached hydrogens (tertiary/aromatic N) is 2. The summed E-state index contributed by atoms with van der Waals surface area (Å²) < 4.78 is 0. The van der Waals surface area contributed by atoms with Crippen LogP contribution < -0.4 is 5.73 Å². The Morgan fingerprint density at radius 3 is 1.60 bits per heavy atom. The number of benzene rings is 5. The van der Waals surface area contributed by atoms with Crippen LogP contribution in [0.2, 0.25) is 0 Å². The second-order valence-electron chi connectivity index (χ2n) is 10.8. The fourth-order valence-corrected chi connectivity index (χ4v) is 6.90. The Morgan fingerprint density at radius 1 is 0.511 bits per heavy atom. The third-order valence-corrected chi connectivity index (χ3v) is 9.51. The van der Waals surface area contributed by atoms with Gasteiger partial charge in [-0.2, -0.15) is 0 Å². The van der Waals surface area contributed by atoms with Crippen LogP contribution in [0.4, 0.5) is 0 Å². The molecule has 2 heterocycles. The number of aromatic nitrogens is 2. The highest BCUT2D eigenvalue weighted by atomic mass is 32.2. The first-order chi connectivity index (χ1) is 22.2. The van der Waals surface area contributed by atoms with E-state index in [-0.39, 0.29) is 0 Å². The van der Waals surface area contributed by atoms with Crippen LogP contribution in [0, 0.1) is 0 Å². The number of thioether (sulfide) groups is 2. The van der Waals surface area contributed by atoms with Crippen LogP contribution in [0.25, 0.3) is 66.0 Å². The first kappa shape index (κ1) is 28.9. The van der Waals surface area contributed by atoms with Crippen molar-refractivity contribution in [2.45, 2.75) is 11.5 Å². The molecule has 0 aliphatic heterocycles. The van der Waals surface area contributed by atoms with E-state index in [0.29, 0.717) is 0 Å². The van der Waals surface area contributed by atoms with Gasteiger partial charge < -0.3 is 5.73 Å². The van der Waals surface area contributed by atoms with Gasteiger partial charge in [0.25, 0.3) is 0 Å². The Bertz CT molecular complexity index is 2210. The number of fused-ring (bicyclic) bond motifs is 6. The van der Waals surface area contributed by atoms with E-state index < -0.39 is 0 Å². The maximum Gasteiger partial charge on any atom is 0.0705 e. The van der Waals surface area contributed by atoms with Gasteiger partial charge in [0.1, 0.15) is 0 Å². The summed E-state index contributed by atoms with van der Waals surface area (Å²) in [5, 5.41) is 11.1. The van der Waals surface area contributed by atoms with E-state index in [2.05, 4.69) is 128 Å². The Kier molecular flexibility index (Phi) is 8.37. The van der Waals surface area contributed by atoms with Crippen LogP contribution in [0.1, 0.15) is 11.4 Å². The molecule has 0 amide bonds. The van der Waals surface area contributed by atoms with E-state index in [9.17, 15) is 0 Å². The average Bonchev–Trinajstić information content (AvgIpc) is 3.11. The molecule has 0 saturated heterocycles. The summed E-state index contributed by atoms with van der Waals surface area (Å²) >= 11 is 3.31. The summed E-state index contributed by atoms with van der Waals surface area (Å²) in [7, 11) is 0. The maximum atomic E-state index is 5.53. The summed E-state index contributed by atoms with van der Waals surface area (Å²) in [5.74, 6) is 1.58. The van der Waals surface area contributed by atoms with Crippen LogP contribution in [0.5, 0.6) is 0 Å². The van der Waals surface area contributed by atoms with E-state index in [0.717, 1.165) is 45.4 Å². The van der Waals surface area contributed by atoms with E-state index in [1.54, 1.807) is 29.7 Å². The quantitative estimate of drug-likeness (QED) is 0.163. The van der Waals surface area contributed by atoms with Crippen molar-refractivity contribution in [3.63, 3.8) is 0 Å². The summed E-state index contributed by atoms with van der Waals surface area (Å²) in [5.41, 5.74) is 14.2. The molecular formula is C40H31N3S2. The fourth-order valence-electron chi connectivity index (χ4n) is 5.91. The van der Waals surface area contributed by atoms with Crippen molar-refractivity contribution in [3.8, 4) is 33.6 Å². The first-order valence-corrected chi connectivity index (χ1v) is 16.9. The highest BCUT2D eigenvalue weighted by Crippen LogP contribution is 2.40. The molecule has 0 unspecified atom stereocenters. The summed E-state index contributed by atoms with van der Waals surface area (Å²) in [6, 6.07) is 43.5. The van der Waals surface area contributed by atoms with Crippen molar-refractivity contribution in [3.05, 3.63) is 156 Å². The highest BCUT2D eigenvalue weighted by Gasteiger charge is 2.14. The van der Waals surface area contributed by atoms with Gasteiger partial charge in [0.05, 0.1) is 22.8 Å². The minimum atomic E-state index is 0.774. The predicted molar refractivity (Wildman–Crippen MR) is 197 cm³/mol. The molecule has 5 heteroatoms. The van der Waals surface area contributed by atoms with Gasteiger partial charge in [-0.05, 0) is 96.7 Å². The monoisotopic (exact) mass is 617 g/mol. The number of rotatable bonds is 9. The van der Waals surface area contributed by atoms with Crippen LogP contribution in [-0.2, 0) is 11.5 Å². The molecule has 0 bridgehead atoms. The lowest BCUT2D eigenvalue weighted by Crippen LogP contribution is -1.92. The lowest BCUT2D eigenvalue weighted by Gasteiger charge is -2.15. The molecule has 218 valence electrons. The fraction of sp³-hybridized carbons (Fsp3) is 0.0500. The van der Waals surface area contributed by atoms with Crippen LogP contribution in [-0.4, -0.2) is 9.97 Å². The van der Waals surface area contributed by atoms with E-state index in [1.165, 1.54) is 43.4 Å². The van der Waals surface area contributed by atoms with Crippen LogP contribution >= 0.6 is 23.5 Å². The summed E-state index contributed by atoms with van der Waals surface area (Å²) in [4.78, 5) is 9.96. The van der Waals surface area contributed by atoms with E-state index >= 15 is 0 Å². The lowest BCUT2D eigenvalue weighted by atomic mass is 9.90. The normalized spacial score (nSPS) is 11.6. The largest absolute Gasteiger partial charge is 0.404 e. The molecule has 5 aromatic carbocycles. The zero-order valence-electron chi connectivity index (χ0n) is 24.7. The second kappa shape index (κ2) is 13.0. The molecular weight excluding hydrogens is 587 g/mol. The Labute approximate surface area is 271 Å². The molecule has 0 aliphatic carbocycles. The van der Waals surface area contributed by atoms with Gasteiger partial charge in [-0.15, -0.1) is 23.5 Å². The summed E-state index contributed by atoms with van der Waals surface area (Å²) in [6.07, 6.45) is 1.57. The zero-order chi connectivity index (χ0) is 30.6. The van der Waals surface area contributed by atoms with Crippen molar-refractivity contribution >= 4 is 55.8 Å². The molecule has 0 fully saturated rings. The Hall–Kier alpha value is -4.84. The van der Waals surface area contributed by atoms with Gasteiger partial charge in [-0.3, -0.25) is 9.97 Å². The lowest BCUT2D eigenvalue weighted by molar-refractivity contribution is 1.18. The molecule has 2 N–H and O–H groups in total.